The Morgan fingerprint density at radius 3 is 2.43 bits per heavy atom. The van der Waals surface area contributed by atoms with Gasteiger partial charge in [0.2, 0.25) is 17.7 Å². The van der Waals surface area contributed by atoms with Crippen LogP contribution in [0.15, 0.2) is 40.9 Å². The molecule has 0 saturated heterocycles. The SMILES string of the molecule is CCOc1ccc(-c2cccc(N(CC34CCC(c5nc(C6CC6)no5)(CC3)CC4)C(=O)CC34CC(F)(C3)C4)c2)nn1. The highest BCUT2D eigenvalue weighted by Gasteiger charge is 2.69. The maximum absolute atomic E-state index is 14.4. The van der Waals surface area contributed by atoms with Crippen molar-refractivity contribution < 1.29 is 18.4 Å². The Kier molecular flexibility index (Phi) is 5.83. The molecule has 0 radical (unpaired) electrons. The summed E-state index contributed by atoms with van der Waals surface area (Å²) in [6.45, 7) is 3.12. The molecule has 1 aromatic carbocycles. The quantitative estimate of drug-likeness (QED) is 0.267. The minimum absolute atomic E-state index is 0.0236. The van der Waals surface area contributed by atoms with Crippen molar-refractivity contribution in [3.05, 3.63) is 48.1 Å². The Balaban J connectivity index is 1.04. The van der Waals surface area contributed by atoms with Crippen LogP contribution in [0.1, 0.15) is 102 Å². The van der Waals surface area contributed by atoms with Crippen molar-refractivity contribution in [2.24, 2.45) is 10.8 Å². The van der Waals surface area contributed by atoms with Gasteiger partial charge in [0.25, 0.3) is 0 Å². The molecule has 7 aliphatic rings. The number of fused-ring (bicyclic) bond motifs is 3. The highest BCUT2D eigenvalue weighted by Crippen LogP contribution is 2.71. The number of ether oxygens (including phenoxy) is 1. The van der Waals surface area contributed by atoms with Gasteiger partial charge in [-0.25, -0.2) is 4.39 Å². The first-order valence-corrected chi connectivity index (χ1v) is 15.7. The predicted molar refractivity (Wildman–Crippen MR) is 154 cm³/mol. The van der Waals surface area contributed by atoms with Crippen molar-refractivity contribution in [1.82, 2.24) is 20.3 Å². The third-order valence-corrected chi connectivity index (χ3v) is 11.0. The number of alkyl halides is 1. The molecule has 7 fully saturated rings. The predicted octanol–water partition coefficient (Wildman–Crippen LogP) is 6.71. The van der Waals surface area contributed by atoms with Gasteiger partial charge in [0.15, 0.2) is 5.82 Å². The van der Waals surface area contributed by atoms with Crippen molar-refractivity contribution in [1.29, 1.82) is 0 Å². The van der Waals surface area contributed by atoms with Crippen LogP contribution in [-0.4, -0.2) is 45.1 Å². The van der Waals surface area contributed by atoms with Crippen LogP contribution in [-0.2, 0) is 10.2 Å². The van der Waals surface area contributed by atoms with Crippen LogP contribution in [0.5, 0.6) is 5.88 Å². The van der Waals surface area contributed by atoms with Gasteiger partial charge in [-0.2, -0.15) is 4.98 Å². The van der Waals surface area contributed by atoms with E-state index in [9.17, 15) is 9.18 Å². The minimum atomic E-state index is -1.01. The second kappa shape index (κ2) is 9.32. The normalized spacial score (nSPS) is 32.6. The fourth-order valence-electron chi connectivity index (χ4n) is 8.43. The number of hydrogen-bond donors (Lipinski definition) is 0. The van der Waals surface area contributed by atoms with Gasteiger partial charge < -0.3 is 14.2 Å². The van der Waals surface area contributed by atoms with Gasteiger partial charge in [-0.05, 0) is 107 Å². The number of hydrogen-bond acceptors (Lipinski definition) is 7. The molecule has 0 unspecified atom stereocenters. The molecule has 8 nitrogen and oxygen atoms in total. The molecule has 7 saturated carbocycles. The summed E-state index contributed by atoms with van der Waals surface area (Å²) in [6, 6.07) is 11.8. The van der Waals surface area contributed by atoms with Gasteiger partial charge in [-0.1, -0.05) is 17.3 Å². The summed E-state index contributed by atoms with van der Waals surface area (Å²) in [4.78, 5) is 20.9. The van der Waals surface area contributed by atoms with Crippen molar-refractivity contribution in [3.8, 4) is 17.1 Å². The standard InChI is InChI=1S/C33H38FN5O3/c1-2-41-26-9-8-25(36-37-26)23-4-3-5-24(16-23)39(27(40)17-31-18-33(34,19-31)20-31)21-30-10-13-32(14-11-30,15-12-30)29-35-28(38-42-29)22-6-7-22/h3-5,8-9,16,22H,2,6-7,10-15,17-21H2,1H3. The van der Waals surface area contributed by atoms with E-state index in [-0.39, 0.29) is 22.2 Å². The molecular weight excluding hydrogens is 533 g/mol. The second-order valence-electron chi connectivity index (χ2n) is 14.1. The Hall–Kier alpha value is -3.36. The number of aromatic nitrogens is 4. The summed E-state index contributed by atoms with van der Waals surface area (Å²) < 4.78 is 25.7. The molecule has 9 heteroatoms. The summed E-state index contributed by atoms with van der Waals surface area (Å²) in [5.41, 5.74) is 1.37. The lowest BCUT2D eigenvalue weighted by Crippen LogP contribution is -2.65. The monoisotopic (exact) mass is 571 g/mol. The molecule has 1 amide bonds. The zero-order chi connectivity index (χ0) is 28.6. The summed E-state index contributed by atoms with van der Waals surface area (Å²) in [5, 5.41) is 12.9. The molecule has 2 aromatic heterocycles. The Labute approximate surface area is 245 Å². The first kappa shape index (κ1) is 26.3. The zero-order valence-corrected chi connectivity index (χ0v) is 24.3. The molecule has 7 aliphatic carbocycles. The lowest BCUT2D eigenvalue weighted by molar-refractivity contribution is -0.215. The molecule has 2 heterocycles. The van der Waals surface area contributed by atoms with E-state index in [2.05, 4.69) is 15.4 Å². The summed E-state index contributed by atoms with van der Waals surface area (Å²) in [7, 11) is 0. The van der Waals surface area contributed by atoms with Gasteiger partial charge in [0.1, 0.15) is 5.67 Å². The topological polar surface area (TPSA) is 94.2 Å². The van der Waals surface area contributed by atoms with E-state index in [1.165, 1.54) is 12.8 Å². The number of carbonyl (C=O) groups excluding carboxylic acids is 1. The number of rotatable bonds is 10. The van der Waals surface area contributed by atoms with E-state index in [1.54, 1.807) is 0 Å². The maximum atomic E-state index is 14.4. The highest BCUT2D eigenvalue weighted by molar-refractivity contribution is 5.95. The first-order chi connectivity index (χ1) is 20.3. The molecule has 220 valence electrons. The number of carbonyl (C=O) groups is 1. The van der Waals surface area contributed by atoms with E-state index < -0.39 is 5.67 Å². The lowest BCUT2D eigenvalue weighted by Gasteiger charge is -2.66. The van der Waals surface area contributed by atoms with Crippen LogP contribution in [0.3, 0.4) is 0 Å². The van der Waals surface area contributed by atoms with E-state index in [0.717, 1.165) is 67.2 Å². The molecule has 0 aliphatic heterocycles. The lowest BCUT2D eigenvalue weighted by atomic mass is 9.41. The summed E-state index contributed by atoms with van der Waals surface area (Å²) in [6.07, 6.45) is 10.5. The fourth-order valence-corrected chi connectivity index (χ4v) is 8.43. The van der Waals surface area contributed by atoms with Crippen LogP contribution in [0.2, 0.25) is 0 Å². The van der Waals surface area contributed by atoms with Crippen LogP contribution in [0.4, 0.5) is 10.1 Å². The molecule has 10 rings (SSSR count). The van der Waals surface area contributed by atoms with Crippen molar-refractivity contribution in [2.75, 3.05) is 18.1 Å². The highest BCUT2D eigenvalue weighted by atomic mass is 19.1. The molecule has 0 atom stereocenters. The van der Waals surface area contributed by atoms with Gasteiger partial charge >= 0.3 is 0 Å². The number of anilines is 1. The average molecular weight is 572 g/mol. The molecule has 3 aromatic rings. The van der Waals surface area contributed by atoms with Crippen LogP contribution in [0, 0.1) is 10.8 Å². The van der Waals surface area contributed by atoms with Crippen molar-refractivity contribution in [2.45, 2.75) is 101 Å². The number of nitrogens with zero attached hydrogens (tertiary/aromatic N) is 5. The van der Waals surface area contributed by atoms with E-state index in [4.69, 9.17) is 14.2 Å². The van der Waals surface area contributed by atoms with E-state index in [1.807, 2.05) is 48.2 Å². The van der Waals surface area contributed by atoms with Gasteiger partial charge in [-0.3, -0.25) is 4.79 Å². The summed E-state index contributed by atoms with van der Waals surface area (Å²) in [5.74, 6) is 2.81. The maximum Gasteiger partial charge on any atom is 0.233 e. The van der Waals surface area contributed by atoms with Crippen LogP contribution in [0.25, 0.3) is 11.3 Å². The van der Waals surface area contributed by atoms with Gasteiger partial charge in [0, 0.05) is 41.6 Å². The Morgan fingerprint density at radius 1 is 1.02 bits per heavy atom. The van der Waals surface area contributed by atoms with Gasteiger partial charge in [0.05, 0.1) is 12.3 Å². The number of halogens is 1. The van der Waals surface area contributed by atoms with E-state index in [0.29, 0.717) is 50.6 Å². The average Bonchev–Trinajstić information content (AvgIpc) is 3.71. The van der Waals surface area contributed by atoms with Gasteiger partial charge in [-0.15, -0.1) is 10.2 Å². The number of benzene rings is 1. The van der Waals surface area contributed by atoms with Crippen LogP contribution >= 0.6 is 0 Å². The minimum Gasteiger partial charge on any atom is -0.477 e. The summed E-state index contributed by atoms with van der Waals surface area (Å²) >= 11 is 0. The van der Waals surface area contributed by atoms with E-state index >= 15 is 0 Å². The largest absolute Gasteiger partial charge is 0.477 e. The fraction of sp³-hybridized carbons (Fsp3) is 0.606. The zero-order valence-electron chi connectivity index (χ0n) is 24.3. The molecule has 4 bridgehead atoms. The first-order valence-electron chi connectivity index (χ1n) is 15.7. The number of amides is 1. The molecular formula is C33H38FN5O3. The van der Waals surface area contributed by atoms with Crippen molar-refractivity contribution >= 4 is 11.6 Å². The third kappa shape index (κ3) is 4.42. The third-order valence-electron chi connectivity index (χ3n) is 11.0. The molecule has 42 heavy (non-hydrogen) atoms. The van der Waals surface area contributed by atoms with Crippen molar-refractivity contribution in [3.63, 3.8) is 0 Å². The Bertz CT molecular complexity index is 1470. The molecule has 0 N–H and O–H groups in total. The van der Waals surface area contributed by atoms with Crippen LogP contribution < -0.4 is 9.64 Å². The second-order valence-corrected chi connectivity index (χ2v) is 14.1. The Morgan fingerprint density at radius 2 is 1.79 bits per heavy atom. The molecule has 0 spiro atoms. The smallest absolute Gasteiger partial charge is 0.233 e.